The smallest absolute Gasteiger partial charge is 0.457 e. The van der Waals surface area contributed by atoms with Gasteiger partial charge in [0.2, 0.25) is 0 Å². The summed E-state index contributed by atoms with van der Waals surface area (Å²) in [6.07, 6.45) is 45.6. The number of hydrogen-bond acceptors (Lipinski definition) is 8. The van der Waals surface area contributed by atoms with Crippen LogP contribution in [0.15, 0.2) is 24.3 Å². The van der Waals surface area contributed by atoms with Crippen molar-refractivity contribution < 1.29 is 43.0 Å². The highest BCUT2D eigenvalue weighted by molar-refractivity contribution is 7.47. The monoisotopic (exact) mass is 817 g/mol. The number of rotatable bonds is 45. The molecule has 56 heavy (non-hydrogen) atoms. The minimum atomic E-state index is -4.52. The Morgan fingerprint density at radius 2 is 0.964 bits per heavy atom. The van der Waals surface area contributed by atoms with Crippen molar-refractivity contribution in [3.05, 3.63) is 24.3 Å². The van der Waals surface area contributed by atoms with Crippen molar-refractivity contribution >= 4 is 13.8 Å². The molecule has 0 radical (unpaired) electrons. The number of esters is 1. The van der Waals surface area contributed by atoms with Crippen LogP contribution in [-0.4, -0.2) is 66.3 Å². The molecule has 10 heteroatoms. The summed E-state index contributed by atoms with van der Waals surface area (Å²) in [5.74, 6) is -0.387. The highest BCUT2D eigenvalue weighted by Gasteiger charge is 2.26. The maximum absolute atomic E-state index is 12.6. The Hall–Kier alpha value is -1.06. The summed E-state index contributed by atoms with van der Waals surface area (Å²) in [4.78, 5) is 22.6. The van der Waals surface area contributed by atoms with Crippen molar-refractivity contribution in [1.82, 2.24) is 0 Å². The van der Waals surface area contributed by atoms with Crippen molar-refractivity contribution in [2.45, 2.75) is 232 Å². The SMILES string of the molecule is CCCCC/C=C\C/C=C\CCCCCCCCCC(=O)OC(COCCCCCCCCCCCCCCCCCCCC)COP(=O)(O)OCC(O)CO. The van der Waals surface area contributed by atoms with Gasteiger partial charge >= 0.3 is 13.8 Å². The zero-order valence-electron chi connectivity index (χ0n) is 36.4. The molecule has 0 saturated heterocycles. The van der Waals surface area contributed by atoms with E-state index in [0.717, 1.165) is 51.4 Å². The van der Waals surface area contributed by atoms with Gasteiger partial charge in [0.05, 0.1) is 26.4 Å². The van der Waals surface area contributed by atoms with Gasteiger partial charge in [-0.25, -0.2) is 4.57 Å². The Labute approximate surface area is 344 Å². The predicted octanol–water partition coefficient (Wildman–Crippen LogP) is 13.0. The average molecular weight is 817 g/mol. The molecule has 0 aromatic carbocycles. The number of aliphatic hydroxyl groups excluding tert-OH is 2. The predicted molar refractivity (Wildman–Crippen MR) is 233 cm³/mol. The van der Waals surface area contributed by atoms with E-state index in [9.17, 15) is 19.4 Å². The number of unbranched alkanes of at least 4 members (excludes halogenated alkanes) is 27. The lowest BCUT2D eigenvalue weighted by Gasteiger charge is -2.20. The fraction of sp³-hybridized carbons (Fsp3) is 0.891. The lowest BCUT2D eigenvalue weighted by molar-refractivity contribution is -0.154. The summed E-state index contributed by atoms with van der Waals surface area (Å²) in [5, 5.41) is 18.4. The van der Waals surface area contributed by atoms with Gasteiger partial charge in [-0.05, 0) is 44.9 Å². The molecule has 0 aromatic heterocycles. The second-order valence-electron chi connectivity index (χ2n) is 15.8. The molecule has 3 unspecified atom stereocenters. The molecule has 0 spiro atoms. The molecule has 0 rings (SSSR count). The molecule has 0 heterocycles. The fourth-order valence-electron chi connectivity index (χ4n) is 6.56. The quantitative estimate of drug-likeness (QED) is 0.0238. The van der Waals surface area contributed by atoms with Crippen LogP contribution in [-0.2, 0) is 27.9 Å². The van der Waals surface area contributed by atoms with Crippen LogP contribution in [0.4, 0.5) is 0 Å². The van der Waals surface area contributed by atoms with Gasteiger partial charge in [-0.2, -0.15) is 0 Å². The van der Waals surface area contributed by atoms with Crippen molar-refractivity contribution in [1.29, 1.82) is 0 Å². The van der Waals surface area contributed by atoms with E-state index in [1.165, 1.54) is 148 Å². The molecular formula is C46H89O9P. The number of phosphoric acid groups is 1. The molecule has 0 aliphatic heterocycles. The van der Waals surface area contributed by atoms with Crippen LogP contribution in [0, 0.1) is 0 Å². The van der Waals surface area contributed by atoms with E-state index in [1.807, 2.05) is 0 Å². The Kier molecular flexibility index (Phi) is 42.7. The zero-order valence-corrected chi connectivity index (χ0v) is 37.3. The second kappa shape index (κ2) is 43.5. The summed E-state index contributed by atoms with van der Waals surface area (Å²) in [6, 6.07) is 0. The number of allylic oxidation sites excluding steroid dienone is 4. The van der Waals surface area contributed by atoms with Crippen molar-refractivity contribution in [3.8, 4) is 0 Å². The topological polar surface area (TPSA) is 132 Å². The summed E-state index contributed by atoms with van der Waals surface area (Å²) in [5.41, 5.74) is 0. The summed E-state index contributed by atoms with van der Waals surface area (Å²) < 4.78 is 33.4. The fourth-order valence-corrected chi connectivity index (χ4v) is 7.35. The maximum Gasteiger partial charge on any atom is 0.472 e. The van der Waals surface area contributed by atoms with Gasteiger partial charge in [0.15, 0.2) is 0 Å². The second-order valence-corrected chi connectivity index (χ2v) is 17.2. The maximum atomic E-state index is 12.6. The minimum Gasteiger partial charge on any atom is -0.457 e. The molecule has 0 saturated carbocycles. The number of aliphatic hydroxyl groups is 2. The van der Waals surface area contributed by atoms with Crippen LogP contribution in [0.1, 0.15) is 219 Å². The van der Waals surface area contributed by atoms with E-state index in [0.29, 0.717) is 6.61 Å². The minimum absolute atomic E-state index is 0.0505. The molecule has 3 atom stereocenters. The lowest BCUT2D eigenvalue weighted by Crippen LogP contribution is -2.29. The molecule has 0 bridgehead atoms. The van der Waals surface area contributed by atoms with Crippen LogP contribution < -0.4 is 0 Å². The van der Waals surface area contributed by atoms with Crippen LogP contribution in [0.5, 0.6) is 0 Å². The van der Waals surface area contributed by atoms with E-state index in [2.05, 4.69) is 38.2 Å². The van der Waals surface area contributed by atoms with Crippen LogP contribution >= 0.6 is 7.82 Å². The molecule has 9 nitrogen and oxygen atoms in total. The highest BCUT2D eigenvalue weighted by Crippen LogP contribution is 2.43. The average Bonchev–Trinajstić information content (AvgIpc) is 3.19. The van der Waals surface area contributed by atoms with Crippen LogP contribution in [0.3, 0.4) is 0 Å². The van der Waals surface area contributed by atoms with Gasteiger partial charge in [0.25, 0.3) is 0 Å². The highest BCUT2D eigenvalue weighted by atomic mass is 31.2. The number of hydrogen-bond donors (Lipinski definition) is 3. The van der Waals surface area contributed by atoms with Crippen molar-refractivity contribution in [2.24, 2.45) is 0 Å². The van der Waals surface area contributed by atoms with Gasteiger partial charge in [0, 0.05) is 13.0 Å². The first-order valence-corrected chi connectivity index (χ1v) is 24.8. The zero-order chi connectivity index (χ0) is 41.1. The van der Waals surface area contributed by atoms with E-state index in [1.54, 1.807) is 0 Å². The third-order valence-corrected chi connectivity index (χ3v) is 11.1. The van der Waals surface area contributed by atoms with Crippen LogP contribution in [0.25, 0.3) is 0 Å². The first-order chi connectivity index (χ1) is 27.3. The van der Waals surface area contributed by atoms with Crippen molar-refractivity contribution in [2.75, 3.05) is 33.0 Å². The molecule has 0 fully saturated rings. The standard InChI is InChI=1S/C46H89O9P/c1-3-5-7-9-11-13-15-17-19-21-23-25-27-29-31-33-35-37-39-52-42-45(43-54-56(50,51)53-41-44(48)40-47)55-46(49)38-36-34-32-30-28-26-24-22-20-18-16-14-12-10-8-6-4-2/h12,14,18,20,44-45,47-48H,3-11,13,15-17,19,21-43H2,1-2H3,(H,50,51)/b14-12-,20-18-. The largest absolute Gasteiger partial charge is 0.472 e. The third-order valence-electron chi connectivity index (χ3n) is 10.1. The van der Waals surface area contributed by atoms with Gasteiger partial charge in [-0.1, -0.05) is 192 Å². The van der Waals surface area contributed by atoms with Crippen LogP contribution in [0.2, 0.25) is 0 Å². The molecular weight excluding hydrogens is 727 g/mol. The lowest BCUT2D eigenvalue weighted by atomic mass is 10.0. The van der Waals surface area contributed by atoms with E-state index in [-0.39, 0.29) is 25.6 Å². The summed E-state index contributed by atoms with van der Waals surface area (Å²) >= 11 is 0. The molecule has 0 amide bonds. The van der Waals surface area contributed by atoms with Gasteiger partial charge in [-0.15, -0.1) is 0 Å². The van der Waals surface area contributed by atoms with E-state index in [4.69, 9.17) is 23.6 Å². The van der Waals surface area contributed by atoms with E-state index >= 15 is 0 Å². The molecule has 0 aliphatic rings. The first kappa shape index (κ1) is 54.9. The summed E-state index contributed by atoms with van der Waals surface area (Å²) in [6.45, 7) is 3.53. The first-order valence-electron chi connectivity index (χ1n) is 23.3. The number of phosphoric ester groups is 1. The molecule has 0 aromatic rings. The Morgan fingerprint density at radius 3 is 1.46 bits per heavy atom. The van der Waals surface area contributed by atoms with Gasteiger partial charge in [-0.3, -0.25) is 13.8 Å². The summed E-state index contributed by atoms with van der Waals surface area (Å²) in [7, 11) is -4.52. The Balaban J connectivity index is 4.11. The Bertz CT molecular complexity index is 928. The third kappa shape index (κ3) is 42.5. The molecule has 0 aliphatic carbocycles. The number of carbonyl (C=O) groups excluding carboxylic acids is 1. The number of carbonyl (C=O) groups is 1. The molecule has 332 valence electrons. The van der Waals surface area contributed by atoms with Gasteiger partial charge in [0.1, 0.15) is 12.2 Å². The van der Waals surface area contributed by atoms with Crippen molar-refractivity contribution in [3.63, 3.8) is 0 Å². The molecule has 3 N–H and O–H groups in total. The number of ether oxygens (including phenoxy) is 2. The normalized spacial score (nSPS) is 14.2. The Morgan fingerprint density at radius 1 is 0.554 bits per heavy atom. The van der Waals surface area contributed by atoms with Gasteiger partial charge < -0.3 is 24.6 Å². The van der Waals surface area contributed by atoms with E-state index < -0.39 is 33.2 Å².